The third-order valence-electron chi connectivity index (χ3n) is 3.74. The summed E-state index contributed by atoms with van der Waals surface area (Å²) in [7, 11) is 0. The van der Waals surface area contributed by atoms with E-state index in [1.807, 2.05) is 13.8 Å². The SMILES string of the molecule is CCCc1cc(N2CCN(CC(=O)OCC)CC2)nc(C)n1. The highest BCUT2D eigenvalue weighted by Gasteiger charge is 2.20. The Kier molecular flexibility index (Phi) is 6.12. The third-order valence-corrected chi connectivity index (χ3v) is 3.74. The number of esters is 1. The van der Waals surface area contributed by atoms with Crippen molar-refractivity contribution in [2.75, 3.05) is 44.2 Å². The van der Waals surface area contributed by atoms with Gasteiger partial charge in [0.1, 0.15) is 11.6 Å². The van der Waals surface area contributed by atoms with Crippen LogP contribution in [0.2, 0.25) is 0 Å². The number of anilines is 1. The molecule has 0 aromatic carbocycles. The molecule has 1 saturated heterocycles. The van der Waals surface area contributed by atoms with Gasteiger partial charge in [0.15, 0.2) is 0 Å². The second-order valence-corrected chi connectivity index (χ2v) is 5.58. The first-order chi connectivity index (χ1) is 10.6. The van der Waals surface area contributed by atoms with Crippen molar-refractivity contribution in [3.8, 4) is 0 Å². The van der Waals surface area contributed by atoms with Crippen LogP contribution in [0.4, 0.5) is 5.82 Å². The van der Waals surface area contributed by atoms with Crippen LogP contribution in [0.1, 0.15) is 31.8 Å². The zero-order valence-electron chi connectivity index (χ0n) is 13.8. The van der Waals surface area contributed by atoms with Crippen molar-refractivity contribution in [3.63, 3.8) is 0 Å². The molecular formula is C16H26N4O2. The van der Waals surface area contributed by atoms with Crippen molar-refractivity contribution in [2.45, 2.75) is 33.6 Å². The summed E-state index contributed by atoms with van der Waals surface area (Å²) < 4.78 is 5.00. The molecule has 1 aliphatic rings. The van der Waals surface area contributed by atoms with Crippen LogP contribution < -0.4 is 4.90 Å². The Balaban J connectivity index is 1.92. The minimum Gasteiger partial charge on any atom is -0.465 e. The molecule has 6 heteroatoms. The Bertz CT molecular complexity index is 499. The lowest BCUT2D eigenvalue weighted by molar-refractivity contribution is -0.144. The largest absolute Gasteiger partial charge is 0.465 e. The van der Waals surface area contributed by atoms with Crippen LogP contribution >= 0.6 is 0 Å². The predicted octanol–water partition coefficient (Wildman–Crippen LogP) is 1.42. The molecular weight excluding hydrogens is 280 g/mol. The fourth-order valence-electron chi connectivity index (χ4n) is 2.68. The molecule has 0 saturated carbocycles. The first kappa shape index (κ1) is 16.7. The Hall–Kier alpha value is -1.69. The van der Waals surface area contributed by atoms with Crippen molar-refractivity contribution >= 4 is 11.8 Å². The second-order valence-electron chi connectivity index (χ2n) is 5.58. The summed E-state index contributed by atoms with van der Waals surface area (Å²) in [4.78, 5) is 25.0. The molecule has 0 radical (unpaired) electrons. The highest BCUT2D eigenvalue weighted by molar-refractivity contribution is 5.71. The molecule has 2 heterocycles. The van der Waals surface area contributed by atoms with Gasteiger partial charge in [-0.15, -0.1) is 0 Å². The van der Waals surface area contributed by atoms with E-state index in [2.05, 4.69) is 32.8 Å². The van der Waals surface area contributed by atoms with Gasteiger partial charge in [-0.2, -0.15) is 0 Å². The summed E-state index contributed by atoms with van der Waals surface area (Å²) in [5.74, 6) is 1.70. The fourth-order valence-corrected chi connectivity index (χ4v) is 2.68. The molecule has 0 amide bonds. The van der Waals surface area contributed by atoms with Crippen LogP contribution in [0.25, 0.3) is 0 Å². The van der Waals surface area contributed by atoms with Gasteiger partial charge in [-0.25, -0.2) is 9.97 Å². The summed E-state index contributed by atoms with van der Waals surface area (Å²) in [5.41, 5.74) is 1.11. The zero-order valence-corrected chi connectivity index (χ0v) is 13.8. The number of ether oxygens (including phenoxy) is 1. The molecule has 1 aromatic rings. The molecule has 122 valence electrons. The molecule has 0 N–H and O–H groups in total. The number of carbonyl (C=O) groups is 1. The Morgan fingerprint density at radius 1 is 1.23 bits per heavy atom. The molecule has 1 aromatic heterocycles. The number of hydrogen-bond acceptors (Lipinski definition) is 6. The van der Waals surface area contributed by atoms with E-state index in [0.29, 0.717) is 13.2 Å². The zero-order chi connectivity index (χ0) is 15.9. The smallest absolute Gasteiger partial charge is 0.320 e. The Morgan fingerprint density at radius 3 is 2.59 bits per heavy atom. The first-order valence-corrected chi connectivity index (χ1v) is 8.09. The number of hydrogen-bond donors (Lipinski definition) is 0. The van der Waals surface area contributed by atoms with Crippen LogP contribution in [0.15, 0.2) is 6.07 Å². The van der Waals surface area contributed by atoms with E-state index in [-0.39, 0.29) is 5.97 Å². The van der Waals surface area contributed by atoms with Gasteiger partial charge in [-0.3, -0.25) is 9.69 Å². The van der Waals surface area contributed by atoms with E-state index in [1.165, 1.54) is 0 Å². The molecule has 0 unspecified atom stereocenters. The van der Waals surface area contributed by atoms with Crippen LogP contribution in [0, 0.1) is 6.92 Å². The van der Waals surface area contributed by atoms with E-state index in [0.717, 1.165) is 56.4 Å². The van der Waals surface area contributed by atoms with E-state index in [4.69, 9.17) is 4.74 Å². The number of carbonyl (C=O) groups excluding carboxylic acids is 1. The van der Waals surface area contributed by atoms with Crippen molar-refractivity contribution in [1.82, 2.24) is 14.9 Å². The lowest BCUT2D eigenvalue weighted by Gasteiger charge is -2.35. The van der Waals surface area contributed by atoms with Gasteiger partial charge in [-0.05, 0) is 20.3 Å². The van der Waals surface area contributed by atoms with E-state index < -0.39 is 0 Å². The number of nitrogens with zero attached hydrogens (tertiary/aromatic N) is 4. The molecule has 1 fully saturated rings. The molecule has 2 rings (SSSR count). The van der Waals surface area contributed by atoms with Gasteiger partial charge in [0.05, 0.1) is 13.2 Å². The number of aryl methyl sites for hydroxylation is 2. The maximum atomic E-state index is 11.5. The second kappa shape index (κ2) is 8.08. The molecule has 6 nitrogen and oxygen atoms in total. The quantitative estimate of drug-likeness (QED) is 0.741. The Morgan fingerprint density at radius 2 is 1.95 bits per heavy atom. The summed E-state index contributed by atoms with van der Waals surface area (Å²) in [5, 5.41) is 0. The summed E-state index contributed by atoms with van der Waals surface area (Å²) >= 11 is 0. The molecule has 1 aliphatic heterocycles. The lowest BCUT2D eigenvalue weighted by atomic mass is 10.2. The predicted molar refractivity (Wildman–Crippen MR) is 86.1 cm³/mol. The number of rotatable bonds is 6. The van der Waals surface area contributed by atoms with Gasteiger partial charge < -0.3 is 9.64 Å². The molecule has 0 aliphatic carbocycles. The maximum Gasteiger partial charge on any atom is 0.320 e. The van der Waals surface area contributed by atoms with Gasteiger partial charge in [0.2, 0.25) is 0 Å². The Labute approximate surface area is 132 Å². The van der Waals surface area contributed by atoms with Crippen molar-refractivity contribution in [2.24, 2.45) is 0 Å². The van der Waals surface area contributed by atoms with E-state index in [1.54, 1.807) is 0 Å². The van der Waals surface area contributed by atoms with E-state index >= 15 is 0 Å². The molecule has 22 heavy (non-hydrogen) atoms. The first-order valence-electron chi connectivity index (χ1n) is 8.09. The summed E-state index contributed by atoms with van der Waals surface area (Å²) in [6.45, 7) is 10.2. The fraction of sp³-hybridized carbons (Fsp3) is 0.688. The highest BCUT2D eigenvalue weighted by atomic mass is 16.5. The van der Waals surface area contributed by atoms with Gasteiger partial charge in [0.25, 0.3) is 0 Å². The standard InChI is InChI=1S/C16H26N4O2/c1-4-6-14-11-15(18-13(3)17-14)20-9-7-19(8-10-20)12-16(21)22-5-2/h11H,4-10,12H2,1-3H3. The molecule has 0 bridgehead atoms. The van der Waals surface area contributed by atoms with Gasteiger partial charge in [-0.1, -0.05) is 13.3 Å². The number of piperazine rings is 1. The van der Waals surface area contributed by atoms with Crippen LogP contribution in [-0.2, 0) is 16.0 Å². The van der Waals surface area contributed by atoms with Crippen LogP contribution in [-0.4, -0.2) is 60.2 Å². The monoisotopic (exact) mass is 306 g/mol. The molecule has 0 atom stereocenters. The number of aromatic nitrogens is 2. The summed E-state index contributed by atoms with van der Waals surface area (Å²) in [6, 6.07) is 2.09. The minimum absolute atomic E-state index is 0.140. The normalized spacial score (nSPS) is 15.9. The topological polar surface area (TPSA) is 58.6 Å². The maximum absolute atomic E-state index is 11.5. The highest BCUT2D eigenvalue weighted by Crippen LogP contribution is 2.16. The van der Waals surface area contributed by atoms with Gasteiger partial charge in [0, 0.05) is 37.9 Å². The average molecular weight is 306 g/mol. The van der Waals surface area contributed by atoms with Gasteiger partial charge >= 0.3 is 5.97 Å². The molecule has 0 spiro atoms. The average Bonchev–Trinajstić information content (AvgIpc) is 2.48. The van der Waals surface area contributed by atoms with Crippen molar-refractivity contribution in [1.29, 1.82) is 0 Å². The minimum atomic E-state index is -0.140. The van der Waals surface area contributed by atoms with E-state index in [9.17, 15) is 4.79 Å². The van der Waals surface area contributed by atoms with Crippen molar-refractivity contribution < 1.29 is 9.53 Å². The van der Waals surface area contributed by atoms with Crippen LogP contribution in [0.5, 0.6) is 0 Å². The van der Waals surface area contributed by atoms with Crippen LogP contribution in [0.3, 0.4) is 0 Å². The van der Waals surface area contributed by atoms with Crippen molar-refractivity contribution in [3.05, 3.63) is 17.6 Å². The third kappa shape index (κ3) is 4.66. The lowest BCUT2D eigenvalue weighted by Crippen LogP contribution is -2.48. The summed E-state index contributed by atoms with van der Waals surface area (Å²) in [6.07, 6.45) is 2.07.